The van der Waals surface area contributed by atoms with Crippen molar-refractivity contribution in [3.05, 3.63) is 0 Å². The lowest BCUT2D eigenvalue weighted by atomic mass is 10.3. The number of carbonyl (C=O) groups excluding carboxylic acids is 1. The van der Waals surface area contributed by atoms with Gasteiger partial charge in [-0.15, -0.1) is 0 Å². The molecular weight excluding hydrogens is 262 g/mol. The van der Waals surface area contributed by atoms with Gasteiger partial charge in [0.05, 0.1) is 0 Å². The van der Waals surface area contributed by atoms with Crippen LogP contribution in [0.2, 0.25) is 0 Å². The zero-order valence-electron chi connectivity index (χ0n) is 8.73. The molecule has 0 saturated carbocycles. The fourth-order valence-electron chi connectivity index (χ4n) is 0.759. The predicted molar refractivity (Wildman–Crippen MR) is 53.5 cm³/mol. The highest BCUT2D eigenvalue weighted by atomic mass is 31.2. The van der Waals surface area contributed by atoms with Gasteiger partial charge in [0, 0.05) is 6.42 Å². The van der Waals surface area contributed by atoms with Crippen molar-refractivity contribution in [2.75, 3.05) is 0 Å². The SMILES string of the molecule is CCCC(=O)OC(C)(P(=O)(O)O)P(=O)(O)O. The van der Waals surface area contributed by atoms with Crippen LogP contribution in [0, 0.1) is 0 Å². The van der Waals surface area contributed by atoms with Crippen LogP contribution >= 0.6 is 15.2 Å². The zero-order valence-corrected chi connectivity index (χ0v) is 10.5. The Kier molecular flexibility index (Phi) is 4.89. The normalized spacial score (nSPS) is 13.6. The van der Waals surface area contributed by atoms with Crippen LogP contribution in [-0.2, 0) is 18.7 Å². The molecule has 0 aliphatic rings. The van der Waals surface area contributed by atoms with Crippen molar-refractivity contribution in [3.8, 4) is 0 Å². The molecule has 0 amide bonds. The third-order valence-electron chi connectivity index (χ3n) is 1.84. The maximum absolute atomic E-state index is 11.0. The van der Waals surface area contributed by atoms with Crippen molar-refractivity contribution in [2.45, 2.75) is 31.8 Å². The number of ether oxygens (including phenoxy) is 1. The topological polar surface area (TPSA) is 141 Å². The molecule has 0 aromatic heterocycles. The molecule has 4 N–H and O–H groups in total. The number of carbonyl (C=O) groups is 1. The maximum atomic E-state index is 11.0. The van der Waals surface area contributed by atoms with E-state index in [9.17, 15) is 13.9 Å². The molecule has 0 rings (SSSR count). The summed E-state index contributed by atoms with van der Waals surface area (Å²) in [4.78, 5) is 46.4. The van der Waals surface area contributed by atoms with E-state index in [2.05, 4.69) is 4.74 Å². The first-order valence-electron chi connectivity index (χ1n) is 4.29. The first kappa shape index (κ1) is 15.8. The molecule has 0 unspecified atom stereocenters. The van der Waals surface area contributed by atoms with Gasteiger partial charge >= 0.3 is 26.2 Å². The smallest absolute Gasteiger partial charge is 0.381 e. The van der Waals surface area contributed by atoms with Crippen LogP contribution in [0.5, 0.6) is 0 Å². The van der Waals surface area contributed by atoms with Gasteiger partial charge in [0.2, 0.25) is 0 Å². The average molecular weight is 276 g/mol. The Labute approximate surface area is 91.9 Å². The van der Waals surface area contributed by atoms with E-state index < -0.39 is 26.2 Å². The molecule has 0 saturated heterocycles. The van der Waals surface area contributed by atoms with Gasteiger partial charge in [0.25, 0.3) is 0 Å². The van der Waals surface area contributed by atoms with Crippen LogP contribution in [0.4, 0.5) is 0 Å². The third kappa shape index (κ3) is 3.38. The van der Waals surface area contributed by atoms with Gasteiger partial charge < -0.3 is 24.3 Å². The second kappa shape index (κ2) is 4.96. The molecule has 0 aliphatic carbocycles. The van der Waals surface area contributed by atoms with Crippen LogP contribution in [0.15, 0.2) is 0 Å². The Hall–Kier alpha value is -0.230. The lowest BCUT2D eigenvalue weighted by Gasteiger charge is -2.30. The van der Waals surface area contributed by atoms with Gasteiger partial charge in [-0.1, -0.05) is 6.92 Å². The van der Waals surface area contributed by atoms with E-state index in [0.717, 1.165) is 0 Å². The second-order valence-corrected chi connectivity index (χ2v) is 7.48. The van der Waals surface area contributed by atoms with Crippen molar-refractivity contribution in [1.82, 2.24) is 0 Å². The molecule has 10 heteroatoms. The van der Waals surface area contributed by atoms with Crippen molar-refractivity contribution in [3.63, 3.8) is 0 Å². The van der Waals surface area contributed by atoms with Crippen LogP contribution in [0.1, 0.15) is 26.7 Å². The van der Waals surface area contributed by atoms with Crippen LogP contribution in [0.25, 0.3) is 0 Å². The largest absolute Gasteiger partial charge is 0.433 e. The summed E-state index contributed by atoms with van der Waals surface area (Å²) in [7, 11) is -10.6. The maximum Gasteiger partial charge on any atom is 0.381 e. The van der Waals surface area contributed by atoms with Gasteiger partial charge in [0.1, 0.15) is 0 Å². The quantitative estimate of drug-likeness (QED) is 0.416. The second-order valence-electron chi connectivity index (χ2n) is 3.25. The van der Waals surface area contributed by atoms with Crippen molar-refractivity contribution in [2.24, 2.45) is 0 Å². The summed E-state index contributed by atoms with van der Waals surface area (Å²) in [5, 5.41) is -3.12. The van der Waals surface area contributed by atoms with E-state index in [4.69, 9.17) is 19.6 Å². The molecule has 0 heterocycles. The minimum atomic E-state index is -5.29. The van der Waals surface area contributed by atoms with Gasteiger partial charge in [-0.25, -0.2) is 0 Å². The van der Waals surface area contributed by atoms with Crippen LogP contribution in [-0.4, -0.2) is 30.6 Å². The Morgan fingerprint density at radius 2 is 1.56 bits per heavy atom. The summed E-state index contributed by atoms with van der Waals surface area (Å²) in [5.74, 6) is -1.07. The molecule has 0 radical (unpaired) electrons. The summed E-state index contributed by atoms with van der Waals surface area (Å²) in [5.41, 5.74) is 0. The van der Waals surface area contributed by atoms with Crippen molar-refractivity contribution >= 4 is 21.2 Å². The molecule has 0 aliphatic heterocycles. The van der Waals surface area contributed by atoms with E-state index in [0.29, 0.717) is 13.3 Å². The number of hydrogen-bond acceptors (Lipinski definition) is 4. The minimum absolute atomic E-state index is 0.185. The fraction of sp³-hybridized carbons (Fsp3) is 0.833. The van der Waals surface area contributed by atoms with Gasteiger partial charge in [0.15, 0.2) is 0 Å². The fourth-order valence-corrected chi connectivity index (χ4v) is 2.56. The first-order valence-corrected chi connectivity index (χ1v) is 7.51. The molecular formula is C6H14O8P2. The highest BCUT2D eigenvalue weighted by Gasteiger charge is 2.60. The van der Waals surface area contributed by atoms with Crippen molar-refractivity contribution in [1.29, 1.82) is 0 Å². The summed E-state index contributed by atoms with van der Waals surface area (Å²) < 4.78 is 26.2. The highest BCUT2D eigenvalue weighted by molar-refractivity contribution is 7.72. The van der Waals surface area contributed by atoms with Gasteiger partial charge in [-0.3, -0.25) is 13.9 Å². The molecule has 8 nitrogen and oxygen atoms in total. The van der Waals surface area contributed by atoms with E-state index in [1.54, 1.807) is 6.92 Å². The summed E-state index contributed by atoms with van der Waals surface area (Å²) in [6.45, 7) is 2.12. The van der Waals surface area contributed by atoms with Crippen LogP contribution < -0.4 is 0 Å². The lowest BCUT2D eigenvalue weighted by molar-refractivity contribution is -0.148. The van der Waals surface area contributed by atoms with E-state index in [-0.39, 0.29) is 6.42 Å². The number of esters is 1. The summed E-state index contributed by atoms with van der Waals surface area (Å²) in [6.07, 6.45) is 0.146. The molecule has 0 spiro atoms. The predicted octanol–water partition coefficient (Wildman–Crippen LogP) is 0.359. The standard InChI is InChI=1S/C6H14O8P2/c1-3-4-5(7)14-6(2,15(8,9)10)16(11,12)13/h3-4H2,1-2H3,(H2,8,9,10)(H2,11,12,13). The Morgan fingerprint density at radius 3 is 1.81 bits per heavy atom. The lowest BCUT2D eigenvalue weighted by Crippen LogP contribution is -2.31. The van der Waals surface area contributed by atoms with Crippen molar-refractivity contribution < 1.29 is 38.2 Å². The summed E-state index contributed by atoms with van der Waals surface area (Å²) >= 11 is 0. The van der Waals surface area contributed by atoms with E-state index in [1.165, 1.54) is 0 Å². The molecule has 0 fully saturated rings. The summed E-state index contributed by atoms with van der Waals surface area (Å²) in [6, 6.07) is 0. The van der Waals surface area contributed by atoms with E-state index >= 15 is 0 Å². The molecule has 0 atom stereocenters. The number of rotatable bonds is 5. The molecule has 96 valence electrons. The highest BCUT2D eigenvalue weighted by Crippen LogP contribution is 2.69. The van der Waals surface area contributed by atoms with Crippen LogP contribution in [0.3, 0.4) is 0 Å². The molecule has 0 aromatic rings. The average Bonchev–Trinajstić information content (AvgIpc) is 1.99. The Morgan fingerprint density at radius 1 is 1.19 bits per heavy atom. The molecule has 0 bridgehead atoms. The molecule has 0 aromatic carbocycles. The van der Waals surface area contributed by atoms with E-state index in [1.807, 2.05) is 0 Å². The Bertz CT molecular complexity index is 330. The first-order chi connectivity index (χ1) is 6.95. The zero-order chi connectivity index (χ0) is 13.2. The monoisotopic (exact) mass is 276 g/mol. The van der Waals surface area contributed by atoms with Gasteiger partial charge in [-0.05, 0) is 13.3 Å². The third-order valence-corrected chi connectivity index (χ3v) is 5.75. The number of hydrogen-bond donors (Lipinski definition) is 4. The Balaban J connectivity index is 5.23. The van der Waals surface area contributed by atoms with Gasteiger partial charge in [-0.2, -0.15) is 0 Å². The molecule has 16 heavy (non-hydrogen) atoms. The minimum Gasteiger partial charge on any atom is -0.433 e.